The van der Waals surface area contributed by atoms with Crippen LogP contribution in [0.3, 0.4) is 0 Å². The molecule has 1 aliphatic rings. The summed E-state index contributed by atoms with van der Waals surface area (Å²) in [5.74, 6) is -0.585. The quantitative estimate of drug-likeness (QED) is 0.776. The monoisotopic (exact) mass is 241 g/mol. The molecule has 1 rings (SSSR count). The Morgan fingerprint density at radius 3 is 2.35 bits per heavy atom. The van der Waals surface area contributed by atoms with Crippen LogP contribution < -0.4 is 5.32 Å². The van der Waals surface area contributed by atoms with Crippen molar-refractivity contribution in [1.29, 1.82) is 0 Å². The highest BCUT2D eigenvalue weighted by Gasteiger charge is 2.27. The van der Waals surface area contributed by atoms with Crippen molar-refractivity contribution in [2.75, 3.05) is 0 Å². The molecule has 1 aliphatic carbocycles. The van der Waals surface area contributed by atoms with Crippen LogP contribution in [0.5, 0.6) is 0 Å². The molecule has 4 heteroatoms. The predicted molar refractivity (Wildman–Crippen MR) is 65.7 cm³/mol. The van der Waals surface area contributed by atoms with Gasteiger partial charge in [0.15, 0.2) is 0 Å². The van der Waals surface area contributed by atoms with Gasteiger partial charge >= 0.3 is 5.97 Å². The Bertz CT molecular complexity index is 280. The molecule has 0 aromatic carbocycles. The minimum Gasteiger partial charge on any atom is -0.481 e. The molecule has 0 heterocycles. The van der Waals surface area contributed by atoms with E-state index in [9.17, 15) is 9.59 Å². The van der Waals surface area contributed by atoms with Crippen LogP contribution in [0.1, 0.15) is 58.8 Å². The smallest absolute Gasteiger partial charge is 0.303 e. The molecule has 0 atom stereocenters. The molecule has 0 unspecified atom stereocenters. The molecule has 0 aliphatic heterocycles. The lowest BCUT2D eigenvalue weighted by molar-refractivity contribution is -0.138. The highest BCUT2D eigenvalue weighted by atomic mass is 16.4. The number of carbonyl (C=O) groups excluding carboxylic acids is 1. The second kappa shape index (κ2) is 6.03. The van der Waals surface area contributed by atoms with E-state index in [-0.39, 0.29) is 18.2 Å². The van der Waals surface area contributed by atoms with Gasteiger partial charge in [0.25, 0.3) is 0 Å². The Hall–Kier alpha value is -1.06. The topological polar surface area (TPSA) is 66.4 Å². The molecule has 0 radical (unpaired) electrons. The largest absolute Gasteiger partial charge is 0.481 e. The Morgan fingerprint density at radius 1 is 1.24 bits per heavy atom. The molecule has 98 valence electrons. The van der Waals surface area contributed by atoms with Gasteiger partial charge in [-0.2, -0.15) is 0 Å². The van der Waals surface area contributed by atoms with Gasteiger partial charge in [0.05, 0.1) is 0 Å². The summed E-state index contributed by atoms with van der Waals surface area (Å²) in [4.78, 5) is 22.5. The molecule has 0 aromatic heterocycles. The summed E-state index contributed by atoms with van der Waals surface area (Å²) in [5, 5.41) is 11.6. The Kier molecular flexibility index (Phi) is 4.97. The maximum absolute atomic E-state index is 12.0. The zero-order valence-electron chi connectivity index (χ0n) is 10.8. The molecule has 1 fully saturated rings. The molecule has 4 nitrogen and oxygen atoms in total. The maximum Gasteiger partial charge on any atom is 0.303 e. The van der Waals surface area contributed by atoms with E-state index in [1.165, 1.54) is 6.42 Å². The van der Waals surface area contributed by atoms with Crippen molar-refractivity contribution >= 4 is 11.9 Å². The van der Waals surface area contributed by atoms with Crippen LogP contribution in [0.15, 0.2) is 0 Å². The average Bonchev–Trinajstić information content (AvgIpc) is 2.27. The van der Waals surface area contributed by atoms with E-state index in [2.05, 4.69) is 5.32 Å². The third kappa shape index (κ3) is 5.20. The Labute approximate surface area is 103 Å². The normalized spacial score (nSPS) is 17.8. The number of carboxylic acids is 1. The molecule has 1 amide bonds. The van der Waals surface area contributed by atoms with Gasteiger partial charge in [0.1, 0.15) is 0 Å². The minimum absolute atomic E-state index is 0.0952. The summed E-state index contributed by atoms with van der Waals surface area (Å²) in [6, 6.07) is 0. The molecule has 0 aromatic rings. The lowest BCUT2D eigenvalue weighted by atomic mass is 9.87. The van der Waals surface area contributed by atoms with E-state index < -0.39 is 11.5 Å². The van der Waals surface area contributed by atoms with Gasteiger partial charge < -0.3 is 10.4 Å². The van der Waals surface area contributed by atoms with Gasteiger partial charge in [-0.25, -0.2) is 0 Å². The fourth-order valence-corrected chi connectivity index (χ4v) is 2.28. The summed E-state index contributed by atoms with van der Waals surface area (Å²) in [6.07, 6.45) is 6.01. The van der Waals surface area contributed by atoms with E-state index in [1.54, 1.807) is 0 Å². The minimum atomic E-state index is -0.815. The van der Waals surface area contributed by atoms with Crippen LogP contribution in [0, 0.1) is 5.92 Å². The first kappa shape index (κ1) is 14.0. The molecule has 0 bridgehead atoms. The van der Waals surface area contributed by atoms with Crippen molar-refractivity contribution in [2.24, 2.45) is 5.92 Å². The van der Waals surface area contributed by atoms with Crippen molar-refractivity contribution in [1.82, 2.24) is 5.32 Å². The van der Waals surface area contributed by atoms with E-state index in [4.69, 9.17) is 5.11 Å². The first-order chi connectivity index (χ1) is 7.91. The van der Waals surface area contributed by atoms with Crippen molar-refractivity contribution in [3.8, 4) is 0 Å². The van der Waals surface area contributed by atoms with Gasteiger partial charge in [0, 0.05) is 17.9 Å². The van der Waals surface area contributed by atoms with Crippen molar-refractivity contribution in [3.63, 3.8) is 0 Å². The summed E-state index contributed by atoms with van der Waals surface area (Å²) >= 11 is 0. The second-order valence-corrected chi connectivity index (χ2v) is 5.60. The summed E-state index contributed by atoms with van der Waals surface area (Å²) in [5.41, 5.74) is -0.424. The van der Waals surface area contributed by atoms with Gasteiger partial charge in [-0.1, -0.05) is 19.3 Å². The van der Waals surface area contributed by atoms with Crippen LogP contribution in [0.25, 0.3) is 0 Å². The lowest BCUT2D eigenvalue weighted by Gasteiger charge is -2.29. The highest BCUT2D eigenvalue weighted by molar-refractivity contribution is 5.79. The number of rotatable bonds is 5. The fourth-order valence-electron chi connectivity index (χ4n) is 2.28. The number of hydrogen-bond acceptors (Lipinski definition) is 2. The number of nitrogens with one attached hydrogen (secondary N) is 1. The van der Waals surface area contributed by atoms with Gasteiger partial charge in [0.2, 0.25) is 5.91 Å². The Balaban J connectivity index is 2.39. The standard InChI is InChI=1S/C13H23NO3/c1-13(2,9-8-11(15)16)14-12(17)10-6-4-3-5-7-10/h10H,3-9H2,1-2H3,(H,14,17)(H,15,16). The van der Waals surface area contributed by atoms with E-state index >= 15 is 0 Å². The van der Waals surface area contributed by atoms with E-state index in [0.29, 0.717) is 6.42 Å². The molecule has 1 saturated carbocycles. The lowest BCUT2D eigenvalue weighted by Crippen LogP contribution is -2.46. The molecule has 17 heavy (non-hydrogen) atoms. The van der Waals surface area contributed by atoms with E-state index in [0.717, 1.165) is 25.7 Å². The highest BCUT2D eigenvalue weighted by Crippen LogP contribution is 2.24. The Morgan fingerprint density at radius 2 is 1.82 bits per heavy atom. The van der Waals surface area contributed by atoms with Gasteiger partial charge in [-0.05, 0) is 33.1 Å². The molecule has 0 spiro atoms. The molecular weight excluding hydrogens is 218 g/mol. The number of carbonyl (C=O) groups is 2. The summed E-state index contributed by atoms with van der Waals surface area (Å²) in [7, 11) is 0. The van der Waals surface area contributed by atoms with Crippen molar-refractivity contribution in [3.05, 3.63) is 0 Å². The number of carboxylic acid groups (broad SMARTS) is 1. The number of hydrogen-bond donors (Lipinski definition) is 2. The van der Waals surface area contributed by atoms with Crippen molar-refractivity contribution < 1.29 is 14.7 Å². The molecular formula is C13H23NO3. The molecule has 0 saturated heterocycles. The SMILES string of the molecule is CC(C)(CCC(=O)O)NC(=O)C1CCCCC1. The summed E-state index contributed by atoms with van der Waals surface area (Å²) in [6.45, 7) is 3.77. The van der Waals surface area contributed by atoms with Crippen LogP contribution in [0.4, 0.5) is 0 Å². The number of amides is 1. The van der Waals surface area contributed by atoms with E-state index in [1.807, 2.05) is 13.8 Å². The van der Waals surface area contributed by atoms with Crippen LogP contribution in [-0.4, -0.2) is 22.5 Å². The van der Waals surface area contributed by atoms with Crippen LogP contribution >= 0.6 is 0 Å². The average molecular weight is 241 g/mol. The third-order valence-electron chi connectivity index (χ3n) is 3.40. The zero-order chi connectivity index (χ0) is 12.9. The van der Waals surface area contributed by atoms with Crippen LogP contribution in [0.2, 0.25) is 0 Å². The first-order valence-corrected chi connectivity index (χ1v) is 6.44. The van der Waals surface area contributed by atoms with Gasteiger partial charge in [-0.15, -0.1) is 0 Å². The fraction of sp³-hybridized carbons (Fsp3) is 0.846. The van der Waals surface area contributed by atoms with Gasteiger partial charge in [-0.3, -0.25) is 9.59 Å². The predicted octanol–water partition coefficient (Wildman–Crippen LogP) is 2.33. The first-order valence-electron chi connectivity index (χ1n) is 6.44. The second-order valence-electron chi connectivity index (χ2n) is 5.60. The third-order valence-corrected chi connectivity index (χ3v) is 3.40. The maximum atomic E-state index is 12.0. The summed E-state index contributed by atoms with van der Waals surface area (Å²) < 4.78 is 0. The number of aliphatic carboxylic acids is 1. The molecule has 2 N–H and O–H groups in total. The van der Waals surface area contributed by atoms with Crippen molar-refractivity contribution in [2.45, 2.75) is 64.3 Å². The zero-order valence-corrected chi connectivity index (χ0v) is 10.8. The van der Waals surface area contributed by atoms with Crippen LogP contribution in [-0.2, 0) is 9.59 Å².